The van der Waals surface area contributed by atoms with Crippen molar-refractivity contribution in [2.45, 2.75) is 44.4 Å². The van der Waals surface area contributed by atoms with Crippen molar-refractivity contribution in [1.82, 2.24) is 15.3 Å². The Morgan fingerprint density at radius 3 is 3.03 bits per heavy atom. The highest BCUT2D eigenvalue weighted by atomic mass is 32.2. The number of carbonyl (C=O) groups excluding carboxylic acids is 1. The zero-order chi connectivity index (χ0) is 21.2. The highest BCUT2D eigenvalue weighted by Gasteiger charge is 2.19. The molecular weight excluding hydrogens is 446 g/mol. The molecule has 0 bridgehead atoms. The molecule has 8 heteroatoms. The number of thiophene rings is 2. The summed E-state index contributed by atoms with van der Waals surface area (Å²) < 4.78 is 1.24. The molecule has 0 atom stereocenters. The molecule has 5 rings (SSSR count). The van der Waals surface area contributed by atoms with E-state index in [0.717, 1.165) is 35.0 Å². The number of fused-ring (bicyclic) bond motifs is 4. The molecule has 1 aromatic carbocycles. The standard InChI is InChI=1S/C23H23N3O2S3/c27-20(24-11-14-12-30-17-7-3-1-5-15(14)17)9-10-29-13-19-25-22(28)21-16-6-2-4-8-18(16)31-23(21)26-19/h1,3,5,7,12H,2,4,6,8-11,13H2,(H,24,27)(H,25,26,28). The molecule has 0 unspecified atom stereocenters. The Morgan fingerprint density at radius 1 is 1.23 bits per heavy atom. The maximum atomic E-state index is 12.6. The van der Waals surface area contributed by atoms with E-state index in [1.165, 1.54) is 26.9 Å². The Labute approximate surface area is 192 Å². The molecular formula is C23H23N3O2S3. The molecule has 3 heterocycles. The average Bonchev–Trinajstić information content (AvgIpc) is 3.36. The van der Waals surface area contributed by atoms with E-state index in [2.05, 4.69) is 27.8 Å². The number of aromatic nitrogens is 2. The zero-order valence-electron chi connectivity index (χ0n) is 17.0. The molecule has 0 fully saturated rings. The van der Waals surface area contributed by atoms with Crippen molar-refractivity contribution in [1.29, 1.82) is 0 Å². The van der Waals surface area contributed by atoms with Gasteiger partial charge in [0, 0.05) is 28.3 Å². The second-order valence-electron chi connectivity index (χ2n) is 7.74. The first-order valence-electron chi connectivity index (χ1n) is 10.5. The molecule has 0 aliphatic heterocycles. The van der Waals surface area contributed by atoms with Crippen LogP contribution < -0.4 is 10.9 Å². The fourth-order valence-electron chi connectivity index (χ4n) is 4.06. The van der Waals surface area contributed by atoms with Crippen LogP contribution in [0.25, 0.3) is 20.3 Å². The molecule has 0 saturated heterocycles. The second-order valence-corrected chi connectivity index (χ2v) is 10.8. The first-order chi connectivity index (χ1) is 15.2. The van der Waals surface area contributed by atoms with Gasteiger partial charge in [-0.05, 0) is 53.6 Å². The van der Waals surface area contributed by atoms with Gasteiger partial charge in [-0.2, -0.15) is 11.8 Å². The lowest BCUT2D eigenvalue weighted by Crippen LogP contribution is -2.22. The van der Waals surface area contributed by atoms with E-state index in [1.807, 2.05) is 12.1 Å². The molecule has 0 spiro atoms. The van der Waals surface area contributed by atoms with Gasteiger partial charge in [0.1, 0.15) is 10.7 Å². The Kier molecular flexibility index (Phi) is 6.11. The minimum absolute atomic E-state index is 0.0132. The number of benzene rings is 1. The minimum Gasteiger partial charge on any atom is -0.352 e. The molecule has 1 aliphatic carbocycles. The van der Waals surface area contributed by atoms with Crippen molar-refractivity contribution >= 4 is 60.6 Å². The predicted molar refractivity (Wildman–Crippen MR) is 131 cm³/mol. The van der Waals surface area contributed by atoms with E-state index in [0.29, 0.717) is 30.3 Å². The van der Waals surface area contributed by atoms with Crippen LogP contribution in [0.5, 0.6) is 0 Å². The first-order valence-corrected chi connectivity index (χ1v) is 13.4. The van der Waals surface area contributed by atoms with Crippen LogP contribution in [0.4, 0.5) is 0 Å². The number of carbonyl (C=O) groups is 1. The highest BCUT2D eigenvalue weighted by molar-refractivity contribution is 7.98. The average molecular weight is 470 g/mol. The molecule has 0 radical (unpaired) electrons. The monoisotopic (exact) mass is 469 g/mol. The topological polar surface area (TPSA) is 74.8 Å². The van der Waals surface area contributed by atoms with E-state index in [1.54, 1.807) is 34.4 Å². The first kappa shape index (κ1) is 20.7. The molecule has 160 valence electrons. The quantitative estimate of drug-likeness (QED) is 0.373. The number of aryl methyl sites for hydroxylation is 2. The largest absolute Gasteiger partial charge is 0.352 e. The van der Waals surface area contributed by atoms with Crippen LogP contribution in [0.3, 0.4) is 0 Å². The number of thioether (sulfide) groups is 1. The molecule has 31 heavy (non-hydrogen) atoms. The third-order valence-corrected chi connectivity index (χ3v) is 8.79. The van der Waals surface area contributed by atoms with Gasteiger partial charge in [0.2, 0.25) is 5.91 Å². The van der Waals surface area contributed by atoms with E-state index >= 15 is 0 Å². The molecule has 0 saturated carbocycles. The van der Waals surface area contributed by atoms with Crippen molar-refractivity contribution in [3.8, 4) is 0 Å². The van der Waals surface area contributed by atoms with E-state index in [4.69, 9.17) is 4.98 Å². The van der Waals surface area contributed by atoms with E-state index in [-0.39, 0.29) is 11.5 Å². The Hall–Kier alpha value is -2.16. The summed E-state index contributed by atoms with van der Waals surface area (Å²) in [5.74, 6) is 2.05. The summed E-state index contributed by atoms with van der Waals surface area (Å²) in [6.45, 7) is 0.558. The number of hydrogen-bond acceptors (Lipinski definition) is 6. The van der Waals surface area contributed by atoms with Gasteiger partial charge in [0.25, 0.3) is 5.56 Å². The van der Waals surface area contributed by atoms with Crippen LogP contribution in [0.15, 0.2) is 34.4 Å². The zero-order valence-corrected chi connectivity index (χ0v) is 19.5. The predicted octanol–water partition coefficient (Wildman–Crippen LogP) is 5.02. The Balaban J connectivity index is 1.13. The summed E-state index contributed by atoms with van der Waals surface area (Å²) in [4.78, 5) is 34.7. The maximum absolute atomic E-state index is 12.6. The maximum Gasteiger partial charge on any atom is 0.259 e. The van der Waals surface area contributed by atoms with Gasteiger partial charge in [0.05, 0.1) is 11.1 Å². The number of rotatable bonds is 7. The van der Waals surface area contributed by atoms with Crippen molar-refractivity contribution in [2.24, 2.45) is 0 Å². The number of hydrogen-bond donors (Lipinski definition) is 2. The van der Waals surface area contributed by atoms with Crippen LogP contribution >= 0.6 is 34.4 Å². The lowest BCUT2D eigenvalue weighted by Gasteiger charge is -2.09. The van der Waals surface area contributed by atoms with Gasteiger partial charge < -0.3 is 10.3 Å². The molecule has 3 aromatic heterocycles. The van der Waals surface area contributed by atoms with Crippen LogP contribution in [-0.2, 0) is 29.9 Å². The summed E-state index contributed by atoms with van der Waals surface area (Å²) in [7, 11) is 0. The second kappa shape index (κ2) is 9.14. The highest BCUT2D eigenvalue weighted by Crippen LogP contribution is 2.33. The van der Waals surface area contributed by atoms with Crippen LogP contribution in [0, 0.1) is 0 Å². The number of nitrogens with zero attached hydrogens (tertiary/aromatic N) is 1. The number of amides is 1. The molecule has 1 aliphatic rings. The molecule has 5 nitrogen and oxygen atoms in total. The van der Waals surface area contributed by atoms with Crippen molar-refractivity contribution < 1.29 is 4.79 Å². The van der Waals surface area contributed by atoms with Crippen LogP contribution in [-0.4, -0.2) is 21.6 Å². The van der Waals surface area contributed by atoms with Crippen molar-refractivity contribution in [3.05, 3.63) is 61.8 Å². The fourth-order valence-corrected chi connectivity index (χ4v) is 7.11. The van der Waals surface area contributed by atoms with Crippen LogP contribution in [0.1, 0.15) is 41.1 Å². The van der Waals surface area contributed by atoms with Crippen molar-refractivity contribution in [2.75, 3.05) is 5.75 Å². The van der Waals surface area contributed by atoms with Gasteiger partial charge in [-0.15, -0.1) is 22.7 Å². The Morgan fingerprint density at radius 2 is 2.10 bits per heavy atom. The fraction of sp³-hybridized carbons (Fsp3) is 0.348. The number of H-pyrrole nitrogens is 1. The summed E-state index contributed by atoms with van der Waals surface area (Å²) >= 11 is 5.00. The lowest BCUT2D eigenvalue weighted by molar-refractivity contribution is -0.120. The number of nitrogens with one attached hydrogen (secondary N) is 2. The summed E-state index contributed by atoms with van der Waals surface area (Å²) in [6.07, 6.45) is 4.86. The third kappa shape index (κ3) is 4.42. The third-order valence-electron chi connectivity index (χ3n) is 5.62. The summed E-state index contributed by atoms with van der Waals surface area (Å²) in [5, 5.41) is 7.14. The molecule has 4 aromatic rings. The Bertz CT molecular complexity index is 1300. The molecule has 2 N–H and O–H groups in total. The lowest BCUT2D eigenvalue weighted by atomic mass is 9.97. The van der Waals surface area contributed by atoms with Gasteiger partial charge in [-0.1, -0.05) is 18.2 Å². The summed E-state index contributed by atoms with van der Waals surface area (Å²) in [5.41, 5.74) is 2.37. The van der Waals surface area contributed by atoms with Crippen molar-refractivity contribution in [3.63, 3.8) is 0 Å². The smallest absolute Gasteiger partial charge is 0.259 e. The normalized spacial score (nSPS) is 13.5. The van der Waals surface area contributed by atoms with Gasteiger partial charge in [0.15, 0.2) is 0 Å². The van der Waals surface area contributed by atoms with Gasteiger partial charge in [-0.3, -0.25) is 9.59 Å². The number of aromatic amines is 1. The van der Waals surface area contributed by atoms with Crippen LogP contribution in [0.2, 0.25) is 0 Å². The van der Waals surface area contributed by atoms with Gasteiger partial charge in [-0.25, -0.2) is 4.98 Å². The van der Waals surface area contributed by atoms with Gasteiger partial charge >= 0.3 is 0 Å². The minimum atomic E-state index is -0.0132. The summed E-state index contributed by atoms with van der Waals surface area (Å²) in [6, 6.07) is 8.25. The SMILES string of the molecule is O=C(CCSCc1nc2sc3c(c2c(=O)[nH]1)CCCC3)NCc1csc2ccccc12. The van der Waals surface area contributed by atoms with E-state index in [9.17, 15) is 9.59 Å². The van der Waals surface area contributed by atoms with E-state index < -0.39 is 0 Å². The molecule has 1 amide bonds.